The lowest BCUT2D eigenvalue weighted by Crippen LogP contribution is -2.09. The van der Waals surface area contributed by atoms with Gasteiger partial charge in [0.1, 0.15) is 0 Å². The van der Waals surface area contributed by atoms with Crippen molar-refractivity contribution in [2.45, 2.75) is 6.18 Å². The van der Waals surface area contributed by atoms with Gasteiger partial charge in [-0.1, -0.05) is 24.2 Å². The van der Waals surface area contributed by atoms with Crippen LogP contribution in [0.4, 0.5) is 18.9 Å². The van der Waals surface area contributed by atoms with Gasteiger partial charge in [-0.05, 0) is 17.7 Å². The van der Waals surface area contributed by atoms with Crippen molar-refractivity contribution in [3.8, 4) is 0 Å². The van der Waals surface area contributed by atoms with E-state index >= 15 is 0 Å². The van der Waals surface area contributed by atoms with Crippen molar-refractivity contribution in [3.05, 3.63) is 35.4 Å². The second-order valence-corrected chi connectivity index (χ2v) is 3.12. The minimum absolute atomic E-state index is 0.0725. The van der Waals surface area contributed by atoms with Crippen LogP contribution in [0.3, 0.4) is 0 Å². The number of rotatable bonds is 1. The van der Waals surface area contributed by atoms with Gasteiger partial charge in [0.2, 0.25) is 0 Å². The van der Waals surface area contributed by atoms with Crippen molar-refractivity contribution in [1.29, 1.82) is 0 Å². The molecule has 0 spiro atoms. The summed E-state index contributed by atoms with van der Waals surface area (Å²) in [7, 11) is 0. The standard InChI is InChI=1S/C9H7ClF3N/c1-5(9(11,12)13)6-2-3-8(14)7(10)4-6/h2-4H,1,14H2. The lowest BCUT2D eigenvalue weighted by Gasteiger charge is -2.10. The van der Waals surface area contributed by atoms with E-state index in [2.05, 4.69) is 6.58 Å². The summed E-state index contributed by atoms with van der Waals surface area (Å²) in [5.41, 5.74) is 4.59. The molecule has 1 rings (SSSR count). The maximum absolute atomic E-state index is 12.2. The lowest BCUT2D eigenvalue weighted by molar-refractivity contribution is -0.0686. The minimum Gasteiger partial charge on any atom is -0.398 e. The SMILES string of the molecule is C=C(c1ccc(N)c(Cl)c1)C(F)(F)F. The van der Waals surface area contributed by atoms with Crippen LogP contribution >= 0.6 is 11.6 Å². The van der Waals surface area contributed by atoms with Crippen molar-refractivity contribution in [2.24, 2.45) is 0 Å². The third-order valence-corrected chi connectivity index (χ3v) is 2.02. The summed E-state index contributed by atoms with van der Waals surface area (Å²) in [6.45, 7) is 2.94. The van der Waals surface area contributed by atoms with Crippen LogP contribution in [-0.2, 0) is 0 Å². The second-order valence-electron chi connectivity index (χ2n) is 2.71. The van der Waals surface area contributed by atoms with Crippen LogP contribution in [0.25, 0.3) is 5.57 Å². The normalized spacial score (nSPS) is 11.4. The van der Waals surface area contributed by atoms with Crippen LogP contribution in [0.15, 0.2) is 24.8 Å². The van der Waals surface area contributed by atoms with Gasteiger partial charge < -0.3 is 5.73 Å². The molecule has 2 N–H and O–H groups in total. The molecule has 0 heterocycles. The van der Waals surface area contributed by atoms with Gasteiger partial charge in [0.25, 0.3) is 0 Å². The van der Waals surface area contributed by atoms with Crippen molar-refractivity contribution >= 4 is 22.9 Å². The summed E-state index contributed by atoms with van der Waals surface area (Å²) in [4.78, 5) is 0. The van der Waals surface area contributed by atoms with Crippen molar-refractivity contribution in [3.63, 3.8) is 0 Å². The molecule has 0 radical (unpaired) electrons. The minimum atomic E-state index is -4.44. The number of allylic oxidation sites excluding steroid dienone is 1. The van der Waals surface area contributed by atoms with Crippen LogP contribution in [0.5, 0.6) is 0 Å². The number of nitrogen functional groups attached to an aromatic ring is 1. The molecule has 0 fully saturated rings. The molecular weight excluding hydrogens is 215 g/mol. The molecule has 76 valence electrons. The number of hydrogen-bond donors (Lipinski definition) is 1. The van der Waals surface area contributed by atoms with Crippen LogP contribution in [-0.4, -0.2) is 6.18 Å². The first-order valence-electron chi connectivity index (χ1n) is 3.64. The van der Waals surface area contributed by atoms with Gasteiger partial charge in [0.15, 0.2) is 0 Å². The van der Waals surface area contributed by atoms with Gasteiger partial charge in [-0.15, -0.1) is 0 Å². The zero-order chi connectivity index (χ0) is 10.9. The fraction of sp³-hybridized carbons (Fsp3) is 0.111. The predicted octanol–water partition coefficient (Wildman–Crippen LogP) is 3.50. The number of benzene rings is 1. The highest BCUT2D eigenvalue weighted by Gasteiger charge is 2.32. The van der Waals surface area contributed by atoms with Crippen LogP contribution < -0.4 is 5.73 Å². The second kappa shape index (κ2) is 3.53. The van der Waals surface area contributed by atoms with E-state index in [1.165, 1.54) is 12.1 Å². The molecule has 0 aliphatic rings. The molecular formula is C9H7ClF3N. The Balaban J connectivity index is 3.10. The van der Waals surface area contributed by atoms with Crippen molar-refractivity contribution < 1.29 is 13.2 Å². The molecule has 0 amide bonds. The van der Waals surface area contributed by atoms with E-state index < -0.39 is 11.7 Å². The molecule has 0 bridgehead atoms. The van der Waals surface area contributed by atoms with Gasteiger partial charge in [0, 0.05) is 0 Å². The summed E-state index contributed by atoms with van der Waals surface area (Å²) in [6.07, 6.45) is -4.44. The molecule has 0 saturated heterocycles. The smallest absolute Gasteiger partial charge is 0.398 e. The van der Waals surface area contributed by atoms with Gasteiger partial charge in [-0.2, -0.15) is 13.2 Å². The maximum atomic E-state index is 12.2. The summed E-state index contributed by atoms with van der Waals surface area (Å²) < 4.78 is 36.6. The first-order valence-corrected chi connectivity index (χ1v) is 4.01. The Bertz CT molecular complexity index is 371. The zero-order valence-corrected chi connectivity index (χ0v) is 7.78. The summed E-state index contributed by atoms with van der Waals surface area (Å²) in [5.74, 6) is 0. The Hall–Kier alpha value is -1.16. The van der Waals surface area contributed by atoms with E-state index in [9.17, 15) is 13.2 Å². The molecule has 14 heavy (non-hydrogen) atoms. The van der Waals surface area contributed by atoms with Gasteiger partial charge >= 0.3 is 6.18 Å². The quantitative estimate of drug-likeness (QED) is 0.722. The molecule has 1 aromatic rings. The van der Waals surface area contributed by atoms with E-state index in [-0.39, 0.29) is 16.3 Å². The Morgan fingerprint density at radius 1 is 1.36 bits per heavy atom. The highest BCUT2D eigenvalue weighted by Crippen LogP contribution is 2.34. The van der Waals surface area contributed by atoms with Crippen LogP contribution in [0.1, 0.15) is 5.56 Å². The Morgan fingerprint density at radius 3 is 2.36 bits per heavy atom. The van der Waals surface area contributed by atoms with Gasteiger partial charge in [-0.25, -0.2) is 0 Å². The highest BCUT2D eigenvalue weighted by atomic mass is 35.5. The topological polar surface area (TPSA) is 26.0 Å². The molecule has 0 atom stereocenters. The number of alkyl halides is 3. The van der Waals surface area contributed by atoms with Crippen molar-refractivity contribution in [2.75, 3.05) is 5.73 Å². The monoisotopic (exact) mass is 221 g/mol. The largest absolute Gasteiger partial charge is 0.416 e. The van der Waals surface area contributed by atoms with Crippen LogP contribution in [0.2, 0.25) is 5.02 Å². The number of nitrogens with two attached hydrogens (primary N) is 1. The summed E-state index contributed by atoms with van der Waals surface area (Å²) >= 11 is 5.57. The Kier molecular flexibility index (Phi) is 2.76. The first kappa shape index (κ1) is 10.9. The average Bonchev–Trinajstić information content (AvgIpc) is 2.07. The lowest BCUT2D eigenvalue weighted by atomic mass is 10.1. The van der Waals surface area contributed by atoms with E-state index in [0.717, 1.165) is 6.07 Å². The number of hydrogen-bond acceptors (Lipinski definition) is 1. The number of anilines is 1. The first-order chi connectivity index (χ1) is 6.32. The van der Waals surface area contributed by atoms with Crippen molar-refractivity contribution in [1.82, 2.24) is 0 Å². The fourth-order valence-corrected chi connectivity index (χ4v) is 1.06. The van der Waals surface area contributed by atoms with E-state index in [4.69, 9.17) is 17.3 Å². The van der Waals surface area contributed by atoms with Gasteiger partial charge in [0.05, 0.1) is 16.3 Å². The highest BCUT2D eigenvalue weighted by molar-refractivity contribution is 6.33. The average molecular weight is 222 g/mol. The maximum Gasteiger partial charge on any atom is 0.416 e. The number of halogens is 4. The molecule has 0 aromatic heterocycles. The molecule has 0 aliphatic carbocycles. The van der Waals surface area contributed by atoms with Crippen LogP contribution in [0, 0.1) is 0 Å². The zero-order valence-electron chi connectivity index (χ0n) is 7.03. The Labute approximate surface area is 84.0 Å². The van der Waals surface area contributed by atoms with E-state index in [1.807, 2.05) is 0 Å². The predicted molar refractivity (Wildman–Crippen MR) is 51.0 cm³/mol. The van der Waals surface area contributed by atoms with Gasteiger partial charge in [-0.3, -0.25) is 0 Å². The summed E-state index contributed by atoms with van der Waals surface area (Å²) in [5, 5.41) is 0.0906. The molecule has 0 unspecified atom stereocenters. The molecule has 1 nitrogen and oxygen atoms in total. The van der Waals surface area contributed by atoms with E-state index in [0.29, 0.717) is 0 Å². The Morgan fingerprint density at radius 2 is 1.93 bits per heavy atom. The third-order valence-electron chi connectivity index (χ3n) is 1.69. The molecule has 0 aliphatic heterocycles. The molecule has 0 saturated carbocycles. The molecule has 5 heteroatoms. The molecule has 1 aromatic carbocycles. The summed E-state index contributed by atoms with van der Waals surface area (Å²) in [6, 6.07) is 3.69. The third kappa shape index (κ3) is 2.20. The fourth-order valence-electron chi connectivity index (χ4n) is 0.879. The van der Waals surface area contributed by atoms with E-state index in [1.54, 1.807) is 0 Å².